The van der Waals surface area contributed by atoms with E-state index in [1.54, 1.807) is 19.9 Å². The second kappa shape index (κ2) is 7.36. The van der Waals surface area contributed by atoms with Crippen LogP contribution in [0.5, 0.6) is 0 Å². The lowest BCUT2D eigenvalue weighted by molar-refractivity contribution is -0.146. The highest BCUT2D eigenvalue weighted by Crippen LogP contribution is 2.35. The summed E-state index contributed by atoms with van der Waals surface area (Å²) in [5.74, 6) is -1.62. The molecule has 0 bridgehead atoms. The number of rotatable bonds is 5. The Morgan fingerprint density at radius 1 is 1.29 bits per heavy atom. The highest BCUT2D eigenvalue weighted by atomic mass is 32.2. The number of carboxylic acids is 1. The molecule has 0 saturated carbocycles. The van der Waals surface area contributed by atoms with Crippen molar-refractivity contribution in [2.75, 3.05) is 19.0 Å². The fraction of sp³-hybridized carbons (Fsp3) is 0.353. The van der Waals surface area contributed by atoms with Gasteiger partial charge in [-0.25, -0.2) is 4.79 Å². The van der Waals surface area contributed by atoms with E-state index in [2.05, 4.69) is 0 Å². The minimum Gasteiger partial charge on any atom is -0.480 e. The smallest absolute Gasteiger partial charge is 0.327 e. The third-order valence-electron chi connectivity index (χ3n) is 3.69. The van der Waals surface area contributed by atoms with Gasteiger partial charge in [-0.3, -0.25) is 9.69 Å². The highest BCUT2D eigenvalue weighted by Gasteiger charge is 2.41. The van der Waals surface area contributed by atoms with Gasteiger partial charge in [-0.1, -0.05) is 50.0 Å². The van der Waals surface area contributed by atoms with Crippen molar-refractivity contribution in [3.8, 4) is 0 Å². The number of carbonyl (C=O) groups is 2. The van der Waals surface area contributed by atoms with E-state index in [9.17, 15) is 14.7 Å². The van der Waals surface area contributed by atoms with E-state index in [4.69, 9.17) is 12.2 Å². The molecule has 0 aliphatic carbocycles. The maximum Gasteiger partial charge on any atom is 0.327 e. The molecule has 1 fully saturated rings. The third kappa shape index (κ3) is 3.79. The summed E-state index contributed by atoms with van der Waals surface area (Å²) in [6, 6.07) is 6.80. The van der Waals surface area contributed by atoms with Crippen molar-refractivity contribution in [2.24, 2.45) is 5.92 Å². The van der Waals surface area contributed by atoms with Gasteiger partial charge in [-0.2, -0.15) is 0 Å². The summed E-state index contributed by atoms with van der Waals surface area (Å²) in [5, 5.41) is 9.41. The highest BCUT2D eigenvalue weighted by molar-refractivity contribution is 8.26. The van der Waals surface area contributed by atoms with Crippen LogP contribution in [-0.2, 0) is 9.59 Å². The number of aliphatic carboxylic acids is 1. The average Bonchev–Trinajstić information content (AvgIpc) is 2.75. The van der Waals surface area contributed by atoms with Crippen molar-refractivity contribution in [2.45, 2.75) is 19.9 Å². The summed E-state index contributed by atoms with van der Waals surface area (Å²) in [5.41, 5.74) is 1.93. The first-order valence-corrected chi connectivity index (χ1v) is 8.72. The molecule has 1 aliphatic rings. The maximum atomic E-state index is 12.6. The Morgan fingerprint density at radius 2 is 1.88 bits per heavy atom. The molecule has 0 spiro atoms. The molecule has 1 heterocycles. The molecule has 1 N–H and O–H groups in total. The maximum absolute atomic E-state index is 12.6. The Morgan fingerprint density at radius 3 is 2.33 bits per heavy atom. The van der Waals surface area contributed by atoms with E-state index in [-0.39, 0.29) is 16.1 Å². The van der Waals surface area contributed by atoms with Crippen LogP contribution in [0.4, 0.5) is 5.69 Å². The Kier molecular flexibility index (Phi) is 5.66. The molecule has 0 radical (unpaired) electrons. The lowest BCUT2D eigenvalue weighted by atomic mass is 10.0. The van der Waals surface area contributed by atoms with Crippen molar-refractivity contribution < 1.29 is 14.7 Å². The molecule has 1 amide bonds. The van der Waals surface area contributed by atoms with Gasteiger partial charge in [0.2, 0.25) is 0 Å². The third-order valence-corrected chi connectivity index (χ3v) is 5.02. The molecule has 5 nitrogen and oxygen atoms in total. The molecule has 24 heavy (non-hydrogen) atoms. The quantitative estimate of drug-likeness (QED) is 0.640. The SMILES string of the molecule is CC(C)[C@H](C(=O)O)N1C(=O)/C(=C/c2ccc(N(C)C)cc2)SC1=S. The molecule has 1 aliphatic heterocycles. The standard InChI is InChI=1S/C17H20N2O3S2/c1-10(2)14(16(21)22)19-15(20)13(24-17(19)23)9-11-5-7-12(8-6-11)18(3)4/h5-10,14H,1-4H3,(H,21,22)/b13-9-/t14-/m1/s1. The number of hydrogen-bond donors (Lipinski definition) is 1. The Labute approximate surface area is 151 Å². The fourth-order valence-corrected chi connectivity index (χ4v) is 3.76. The van der Waals surface area contributed by atoms with Crippen molar-refractivity contribution in [3.63, 3.8) is 0 Å². The predicted molar refractivity (Wildman–Crippen MR) is 102 cm³/mol. The number of hydrogen-bond acceptors (Lipinski definition) is 5. The Balaban J connectivity index is 2.29. The van der Waals surface area contributed by atoms with Crippen LogP contribution in [0.1, 0.15) is 19.4 Å². The van der Waals surface area contributed by atoms with Crippen LogP contribution in [0.3, 0.4) is 0 Å². The minimum absolute atomic E-state index is 0.233. The number of nitrogens with zero attached hydrogens (tertiary/aromatic N) is 2. The molecule has 128 valence electrons. The summed E-state index contributed by atoms with van der Waals surface area (Å²) in [7, 11) is 3.91. The number of carboxylic acid groups (broad SMARTS) is 1. The Hall–Kier alpha value is -1.86. The first kappa shape index (κ1) is 18.5. The zero-order valence-corrected chi connectivity index (χ0v) is 15.6. The molecule has 0 aromatic heterocycles. The number of thioether (sulfide) groups is 1. The summed E-state index contributed by atoms with van der Waals surface area (Å²) in [6.07, 6.45) is 1.75. The first-order chi connectivity index (χ1) is 11.2. The summed E-state index contributed by atoms with van der Waals surface area (Å²) >= 11 is 6.38. The molecule has 1 aromatic carbocycles. The lowest BCUT2D eigenvalue weighted by Gasteiger charge is -2.26. The van der Waals surface area contributed by atoms with Crippen LogP contribution < -0.4 is 4.90 Å². The molecule has 1 saturated heterocycles. The van der Waals surface area contributed by atoms with E-state index >= 15 is 0 Å². The molecular formula is C17H20N2O3S2. The largest absolute Gasteiger partial charge is 0.480 e. The van der Waals surface area contributed by atoms with Gasteiger partial charge in [0, 0.05) is 19.8 Å². The number of benzene rings is 1. The molecule has 0 unspecified atom stereocenters. The van der Waals surface area contributed by atoms with Crippen LogP contribution in [0.25, 0.3) is 6.08 Å². The zero-order valence-electron chi connectivity index (χ0n) is 14.0. The molecule has 2 rings (SSSR count). The van der Waals surface area contributed by atoms with Gasteiger partial charge < -0.3 is 10.0 Å². The van der Waals surface area contributed by atoms with Crippen molar-refractivity contribution in [3.05, 3.63) is 34.7 Å². The molecule has 1 atom stereocenters. The van der Waals surface area contributed by atoms with Gasteiger partial charge in [-0.05, 0) is 29.7 Å². The van der Waals surface area contributed by atoms with E-state index in [1.807, 2.05) is 43.3 Å². The van der Waals surface area contributed by atoms with Crippen LogP contribution in [-0.4, -0.2) is 46.3 Å². The van der Waals surface area contributed by atoms with E-state index in [0.29, 0.717) is 4.91 Å². The first-order valence-electron chi connectivity index (χ1n) is 7.49. The normalized spacial score (nSPS) is 17.7. The Bertz CT molecular complexity index is 696. The van der Waals surface area contributed by atoms with Gasteiger partial charge in [0.1, 0.15) is 10.4 Å². The van der Waals surface area contributed by atoms with Crippen LogP contribution in [0.15, 0.2) is 29.2 Å². The summed E-state index contributed by atoms with van der Waals surface area (Å²) < 4.78 is 0.289. The van der Waals surface area contributed by atoms with Crippen LogP contribution in [0.2, 0.25) is 0 Å². The summed E-state index contributed by atoms with van der Waals surface area (Å²) in [4.78, 5) is 27.8. The van der Waals surface area contributed by atoms with E-state index < -0.39 is 12.0 Å². The van der Waals surface area contributed by atoms with Crippen molar-refractivity contribution >= 4 is 51.9 Å². The van der Waals surface area contributed by atoms with Gasteiger partial charge in [0.15, 0.2) is 0 Å². The van der Waals surface area contributed by atoms with Crippen LogP contribution >= 0.6 is 24.0 Å². The number of carbonyl (C=O) groups excluding carboxylic acids is 1. The van der Waals surface area contributed by atoms with Gasteiger partial charge in [-0.15, -0.1) is 0 Å². The van der Waals surface area contributed by atoms with E-state index in [0.717, 1.165) is 23.0 Å². The zero-order chi connectivity index (χ0) is 18.0. The second-order valence-corrected chi connectivity index (χ2v) is 7.74. The van der Waals surface area contributed by atoms with E-state index in [1.165, 1.54) is 4.90 Å². The molecular weight excluding hydrogens is 344 g/mol. The van der Waals surface area contributed by atoms with Gasteiger partial charge in [0.05, 0.1) is 4.91 Å². The van der Waals surface area contributed by atoms with Gasteiger partial charge in [0.25, 0.3) is 5.91 Å². The lowest BCUT2D eigenvalue weighted by Crippen LogP contribution is -2.47. The van der Waals surface area contributed by atoms with Crippen LogP contribution in [0, 0.1) is 5.92 Å². The molecule has 7 heteroatoms. The van der Waals surface area contributed by atoms with Crippen molar-refractivity contribution in [1.82, 2.24) is 4.90 Å². The minimum atomic E-state index is -1.04. The monoisotopic (exact) mass is 364 g/mol. The number of anilines is 1. The number of amides is 1. The van der Waals surface area contributed by atoms with Crippen molar-refractivity contribution in [1.29, 1.82) is 0 Å². The predicted octanol–water partition coefficient (Wildman–Crippen LogP) is 3.06. The molecule has 1 aromatic rings. The number of thiocarbonyl (C=S) groups is 1. The summed E-state index contributed by atoms with van der Waals surface area (Å²) in [6.45, 7) is 3.53. The van der Waals surface area contributed by atoms with Gasteiger partial charge >= 0.3 is 5.97 Å². The average molecular weight is 364 g/mol. The fourth-order valence-electron chi connectivity index (χ4n) is 2.43. The second-order valence-electron chi connectivity index (χ2n) is 6.06. The topological polar surface area (TPSA) is 60.9 Å².